The Bertz CT molecular complexity index is 1120. The molecule has 31 heavy (non-hydrogen) atoms. The third-order valence-electron chi connectivity index (χ3n) is 4.83. The van der Waals surface area contributed by atoms with Gasteiger partial charge in [0.05, 0.1) is 11.4 Å². The Labute approximate surface area is 205 Å². The van der Waals surface area contributed by atoms with Crippen molar-refractivity contribution in [2.45, 2.75) is 20.1 Å². The molecular formula is C25H20INO2S2. The first-order valence-electron chi connectivity index (χ1n) is 9.76. The Kier molecular flexibility index (Phi) is 7.09. The maximum absolute atomic E-state index is 12.9. The van der Waals surface area contributed by atoms with Gasteiger partial charge in [0.2, 0.25) is 0 Å². The van der Waals surface area contributed by atoms with Crippen LogP contribution in [0, 0.1) is 10.5 Å². The summed E-state index contributed by atoms with van der Waals surface area (Å²) in [6.45, 7) is 3.06. The molecule has 0 bridgehead atoms. The zero-order chi connectivity index (χ0) is 21.8. The molecule has 0 saturated carbocycles. The van der Waals surface area contributed by atoms with Crippen LogP contribution >= 0.6 is 46.6 Å². The molecule has 0 aliphatic carbocycles. The Balaban J connectivity index is 1.39. The summed E-state index contributed by atoms with van der Waals surface area (Å²) in [5.74, 6) is 0.747. The van der Waals surface area contributed by atoms with Crippen molar-refractivity contribution < 1.29 is 9.53 Å². The standard InChI is InChI=1S/C25H20INO2S2/c1-17-2-4-19(5-3-17)15-27-24(28)23(31-25(27)30)14-18-8-12-22(13-9-18)29-16-20-6-10-21(26)11-7-20/h2-14H,15-16H2,1H3/b23-14+. The van der Waals surface area contributed by atoms with E-state index >= 15 is 0 Å². The van der Waals surface area contributed by atoms with Crippen molar-refractivity contribution in [3.05, 3.63) is 104 Å². The molecule has 0 atom stereocenters. The Morgan fingerprint density at radius 1 is 0.968 bits per heavy atom. The van der Waals surface area contributed by atoms with Gasteiger partial charge in [0, 0.05) is 3.57 Å². The summed E-state index contributed by atoms with van der Waals surface area (Å²) in [6, 6.07) is 24.2. The molecule has 1 saturated heterocycles. The molecule has 6 heteroatoms. The van der Waals surface area contributed by atoms with Crippen molar-refractivity contribution in [2.24, 2.45) is 0 Å². The van der Waals surface area contributed by atoms with Crippen LogP contribution in [0.3, 0.4) is 0 Å². The van der Waals surface area contributed by atoms with E-state index in [1.165, 1.54) is 20.9 Å². The number of nitrogens with zero attached hydrogens (tertiary/aromatic N) is 1. The zero-order valence-electron chi connectivity index (χ0n) is 16.9. The van der Waals surface area contributed by atoms with Gasteiger partial charge in [-0.15, -0.1) is 0 Å². The lowest BCUT2D eigenvalue weighted by atomic mass is 10.1. The van der Waals surface area contributed by atoms with Crippen molar-refractivity contribution in [3.8, 4) is 5.75 Å². The molecule has 1 amide bonds. The van der Waals surface area contributed by atoms with E-state index in [9.17, 15) is 4.79 Å². The summed E-state index contributed by atoms with van der Waals surface area (Å²) in [4.78, 5) is 15.2. The van der Waals surface area contributed by atoms with Crippen LogP contribution in [0.5, 0.6) is 5.75 Å². The number of thioether (sulfide) groups is 1. The highest BCUT2D eigenvalue weighted by Crippen LogP contribution is 2.33. The highest BCUT2D eigenvalue weighted by Gasteiger charge is 2.31. The minimum Gasteiger partial charge on any atom is -0.489 e. The average Bonchev–Trinajstić information content (AvgIpc) is 3.03. The van der Waals surface area contributed by atoms with Crippen LogP contribution in [0.15, 0.2) is 77.7 Å². The molecule has 0 aromatic heterocycles. The summed E-state index contributed by atoms with van der Waals surface area (Å²) in [5, 5.41) is 0. The van der Waals surface area contributed by atoms with Gasteiger partial charge in [-0.3, -0.25) is 9.69 Å². The maximum atomic E-state index is 12.9. The van der Waals surface area contributed by atoms with Crippen LogP contribution in [0.4, 0.5) is 0 Å². The van der Waals surface area contributed by atoms with Crippen LogP contribution in [-0.2, 0) is 17.9 Å². The van der Waals surface area contributed by atoms with Crippen LogP contribution in [0.1, 0.15) is 22.3 Å². The minimum absolute atomic E-state index is 0.0467. The third-order valence-corrected chi connectivity index (χ3v) is 6.93. The van der Waals surface area contributed by atoms with Crippen molar-refractivity contribution in [1.82, 2.24) is 4.90 Å². The number of aryl methyl sites for hydroxylation is 1. The number of thiocarbonyl (C=S) groups is 1. The van der Waals surface area contributed by atoms with Crippen LogP contribution in [0.2, 0.25) is 0 Å². The second-order valence-electron chi connectivity index (χ2n) is 7.24. The molecule has 3 aromatic rings. The van der Waals surface area contributed by atoms with Crippen molar-refractivity contribution >= 4 is 62.9 Å². The van der Waals surface area contributed by atoms with E-state index in [-0.39, 0.29) is 5.91 Å². The predicted molar refractivity (Wildman–Crippen MR) is 140 cm³/mol. The van der Waals surface area contributed by atoms with E-state index in [4.69, 9.17) is 17.0 Å². The fourth-order valence-corrected chi connectivity index (χ4v) is 4.69. The monoisotopic (exact) mass is 557 g/mol. The van der Waals surface area contributed by atoms with E-state index in [1.807, 2.05) is 61.5 Å². The number of ether oxygens (including phenoxy) is 1. The lowest BCUT2D eigenvalue weighted by Crippen LogP contribution is -2.27. The number of carbonyl (C=O) groups excluding carboxylic acids is 1. The Morgan fingerprint density at radius 2 is 1.61 bits per heavy atom. The van der Waals surface area contributed by atoms with Gasteiger partial charge < -0.3 is 4.74 Å². The van der Waals surface area contributed by atoms with E-state index in [2.05, 4.69) is 46.9 Å². The number of halogens is 1. The quantitative estimate of drug-likeness (QED) is 0.195. The molecule has 0 unspecified atom stereocenters. The average molecular weight is 557 g/mol. The second kappa shape index (κ2) is 9.97. The van der Waals surface area contributed by atoms with E-state index in [1.54, 1.807) is 4.90 Å². The molecule has 0 radical (unpaired) electrons. The first-order valence-corrected chi connectivity index (χ1v) is 12.1. The highest BCUT2D eigenvalue weighted by molar-refractivity contribution is 14.1. The Morgan fingerprint density at radius 3 is 2.29 bits per heavy atom. The number of benzene rings is 3. The number of hydrogen-bond donors (Lipinski definition) is 0. The fraction of sp³-hybridized carbons (Fsp3) is 0.120. The van der Waals surface area contributed by atoms with E-state index in [0.29, 0.717) is 22.4 Å². The van der Waals surface area contributed by atoms with Gasteiger partial charge in [0.25, 0.3) is 5.91 Å². The number of amides is 1. The lowest BCUT2D eigenvalue weighted by molar-refractivity contribution is -0.122. The van der Waals surface area contributed by atoms with Gasteiger partial charge in [-0.25, -0.2) is 0 Å². The molecule has 1 heterocycles. The molecule has 3 nitrogen and oxygen atoms in total. The van der Waals surface area contributed by atoms with Gasteiger partial charge >= 0.3 is 0 Å². The maximum Gasteiger partial charge on any atom is 0.266 e. The summed E-state index contributed by atoms with van der Waals surface area (Å²) in [7, 11) is 0. The van der Waals surface area contributed by atoms with E-state index < -0.39 is 0 Å². The van der Waals surface area contributed by atoms with Crippen molar-refractivity contribution in [1.29, 1.82) is 0 Å². The number of hydrogen-bond acceptors (Lipinski definition) is 4. The SMILES string of the molecule is Cc1ccc(CN2C(=O)/C(=C\c3ccc(OCc4ccc(I)cc4)cc3)SC2=S)cc1. The smallest absolute Gasteiger partial charge is 0.266 e. The molecule has 1 aliphatic rings. The summed E-state index contributed by atoms with van der Waals surface area (Å²) < 4.78 is 7.66. The first kappa shape index (κ1) is 22.0. The van der Waals surface area contributed by atoms with Crippen LogP contribution in [0.25, 0.3) is 6.08 Å². The molecule has 4 rings (SSSR count). The van der Waals surface area contributed by atoms with Gasteiger partial charge in [-0.1, -0.05) is 78.1 Å². The molecule has 3 aromatic carbocycles. The normalized spacial score (nSPS) is 15.0. The topological polar surface area (TPSA) is 29.5 Å². The molecule has 0 spiro atoms. The number of rotatable bonds is 6. The first-order chi connectivity index (χ1) is 15.0. The molecular weight excluding hydrogens is 537 g/mol. The van der Waals surface area contributed by atoms with Gasteiger partial charge in [0.15, 0.2) is 0 Å². The highest BCUT2D eigenvalue weighted by atomic mass is 127. The van der Waals surface area contributed by atoms with Crippen LogP contribution in [-0.4, -0.2) is 15.1 Å². The van der Waals surface area contributed by atoms with Crippen LogP contribution < -0.4 is 4.74 Å². The van der Waals surface area contributed by atoms with Crippen molar-refractivity contribution in [3.63, 3.8) is 0 Å². The lowest BCUT2D eigenvalue weighted by Gasteiger charge is -2.14. The summed E-state index contributed by atoms with van der Waals surface area (Å²) in [6.07, 6.45) is 1.89. The van der Waals surface area contributed by atoms with Gasteiger partial charge in [-0.05, 0) is 76.5 Å². The largest absolute Gasteiger partial charge is 0.489 e. The number of carbonyl (C=O) groups is 1. The third kappa shape index (κ3) is 5.75. The molecule has 1 fully saturated rings. The molecule has 0 N–H and O–H groups in total. The Hall–Kier alpha value is -2.16. The van der Waals surface area contributed by atoms with Gasteiger partial charge in [0.1, 0.15) is 16.7 Å². The minimum atomic E-state index is -0.0467. The summed E-state index contributed by atoms with van der Waals surface area (Å²) >= 11 is 9.09. The van der Waals surface area contributed by atoms with Crippen molar-refractivity contribution in [2.75, 3.05) is 0 Å². The summed E-state index contributed by atoms with van der Waals surface area (Å²) in [5.41, 5.74) is 4.33. The molecule has 1 aliphatic heterocycles. The van der Waals surface area contributed by atoms with E-state index in [0.717, 1.165) is 22.4 Å². The zero-order valence-corrected chi connectivity index (χ0v) is 20.7. The molecule has 156 valence electrons. The second-order valence-corrected chi connectivity index (χ2v) is 10.2. The van der Waals surface area contributed by atoms with Gasteiger partial charge in [-0.2, -0.15) is 0 Å². The fourth-order valence-electron chi connectivity index (χ4n) is 3.07. The predicted octanol–water partition coefficient (Wildman–Crippen LogP) is 6.58.